The highest BCUT2D eigenvalue weighted by molar-refractivity contribution is 7.14. The largest absolute Gasteiger partial charge is 0.418 e. The predicted octanol–water partition coefficient (Wildman–Crippen LogP) is 3.97. The minimum Gasteiger partial charge on any atom is -0.418 e. The summed E-state index contributed by atoms with van der Waals surface area (Å²) in [6, 6.07) is 3.98. The SMILES string of the molecule is Cc1csc(NC(=O)C2CCN(C(C)c3nnc(-c4cccs4)o3)CC2)n1. The molecular weight excluding hydrogens is 382 g/mol. The summed E-state index contributed by atoms with van der Waals surface area (Å²) in [4.78, 5) is 20.0. The molecule has 0 radical (unpaired) electrons. The van der Waals surface area contributed by atoms with E-state index in [2.05, 4.69) is 32.3 Å². The lowest BCUT2D eigenvalue weighted by atomic mass is 9.95. The van der Waals surface area contributed by atoms with Crippen molar-refractivity contribution in [1.82, 2.24) is 20.1 Å². The van der Waals surface area contributed by atoms with Gasteiger partial charge in [-0.2, -0.15) is 0 Å². The predicted molar refractivity (Wildman–Crippen MR) is 106 cm³/mol. The van der Waals surface area contributed by atoms with Crippen LogP contribution in [0.2, 0.25) is 0 Å². The molecule has 4 rings (SSSR count). The number of piperidine rings is 1. The zero-order chi connectivity index (χ0) is 18.8. The number of thiophene rings is 1. The standard InChI is InChI=1S/C18H21N5O2S2/c1-11-10-27-18(19-11)20-15(24)13-5-7-23(8-6-13)12(2)16-21-22-17(25-16)14-4-3-9-26-14/h3-4,9-10,12-13H,5-8H2,1-2H3,(H,19,20,24). The highest BCUT2D eigenvalue weighted by Crippen LogP contribution is 2.30. The van der Waals surface area contributed by atoms with E-state index in [-0.39, 0.29) is 17.9 Å². The Morgan fingerprint density at radius 3 is 2.81 bits per heavy atom. The molecule has 142 valence electrons. The zero-order valence-electron chi connectivity index (χ0n) is 15.2. The number of hydrogen-bond acceptors (Lipinski definition) is 8. The summed E-state index contributed by atoms with van der Waals surface area (Å²) in [6.07, 6.45) is 1.62. The minimum absolute atomic E-state index is 0.0158. The number of amides is 1. The van der Waals surface area contributed by atoms with Crippen LogP contribution >= 0.6 is 22.7 Å². The fourth-order valence-electron chi connectivity index (χ4n) is 3.23. The van der Waals surface area contributed by atoms with Crippen LogP contribution in [0.25, 0.3) is 10.8 Å². The van der Waals surface area contributed by atoms with Gasteiger partial charge in [0.25, 0.3) is 5.89 Å². The summed E-state index contributed by atoms with van der Waals surface area (Å²) in [5.74, 6) is 1.27. The van der Waals surface area contributed by atoms with Gasteiger partial charge in [0.2, 0.25) is 11.8 Å². The maximum Gasteiger partial charge on any atom is 0.257 e. The van der Waals surface area contributed by atoms with Crippen LogP contribution in [0.1, 0.15) is 37.4 Å². The maximum absolute atomic E-state index is 12.5. The van der Waals surface area contributed by atoms with Crippen LogP contribution in [-0.4, -0.2) is 39.1 Å². The second-order valence-electron chi connectivity index (χ2n) is 6.69. The van der Waals surface area contributed by atoms with Crippen LogP contribution in [0, 0.1) is 12.8 Å². The molecule has 9 heteroatoms. The van der Waals surface area contributed by atoms with Gasteiger partial charge < -0.3 is 9.73 Å². The number of nitrogens with zero attached hydrogens (tertiary/aromatic N) is 4. The average molecular weight is 404 g/mol. The number of nitrogens with one attached hydrogen (secondary N) is 1. The van der Waals surface area contributed by atoms with Crippen molar-refractivity contribution >= 4 is 33.7 Å². The first kappa shape index (κ1) is 18.3. The smallest absolute Gasteiger partial charge is 0.257 e. The van der Waals surface area contributed by atoms with E-state index in [1.54, 1.807) is 11.3 Å². The van der Waals surface area contributed by atoms with Crippen molar-refractivity contribution in [2.45, 2.75) is 32.7 Å². The first-order chi connectivity index (χ1) is 13.1. The van der Waals surface area contributed by atoms with Crippen LogP contribution in [-0.2, 0) is 4.79 Å². The highest BCUT2D eigenvalue weighted by atomic mass is 32.1. The Balaban J connectivity index is 1.32. The van der Waals surface area contributed by atoms with Gasteiger partial charge in [0, 0.05) is 11.3 Å². The van der Waals surface area contributed by atoms with E-state index in [9.17, 15) is 4.79 Å². The van der Waals surface area contributed by atoms with E-state index in [0.29, 0.717) is 16.9 Å². The zero-order valence-corrected chi connectivity index (χ0v) is 16.8. The molecule has 1 amide bonds. The van der Waals surface area contributed by atoms with E-state index in [1.807, 2.05) is 29.8 Å². The van der Waals surface area contributed by atoms with E-state index >= 15 is 0 Å². The topological polar surface area (TPSA) is 84.2 Å². The molecule has 3 aromatic heterocycles. The van der Waals surface area contributed by atoms with Crippen LogP contribution in [0.3, 0.4) is 0 Å². The molecule has 3 aromatic rings. The van der Waals surface area contributed by atoms with E-state index in [4.69, 9.17) is 4.42 Å². The summed E-state index contributed by atoms with van der Waals surface area (Å²) >= 11 is 3.05. The third-order valence-corrected chi connectivity index (χ3v) is 6.56. The molecular formula is C18H21N5O2S2. The van der Waals surface area contributed by atoms with Crippen LogP contribution in [0.5, 0.6) is 0 Å². The number of thiazole rings is 1. The molecule has 0 saturated carbocycles. The van der Waals surface area contributed by atoms with E-state index < -0.39 is 0 Å². The molecule has 1 atom stereocenters. The van der Waals surface area contributed by atoms with Crippen molar-refractivity contribution < 1.29 is 9.21 Å². The fraction of sp³-hybridized carbons (Fsp3) is 0.444. The summed E-state index contributed by atoms with van der Waals surface area (Å²) in [5, 5.41) is 15.9. The van der Waals surface area contributed by atoms with Crippen molar-refractivity contribution in [3.63, 3.8) is 0 Å². The van der Waals surface area contributed by atoms with Gasteiger partial charge in [0.1, 0.15) is 0 Å². The molecule has 7 nitrogen and oxygen atoms in total. The van der Waals surface area contributed by atoms with Gasteiger partial charge in [0.05, 0.1) is 16.6 Å². The quantitative estimate of drug-likeness (QED) is 0.694. The number of carbonyl (C=O) groups is 1. The Labute approximate surface area is 165 Å². The molecule has 0 aromatic carbocycles. The molecule has 1 saturated heterocycles. The Bertz CT molecular complexity index is 897. The minimum atomic E-state index is 0.0158. The normalized spacial score (nSPS) is 17.1. The van der Waals surface area contributed by atoms with Crippen LogP contribution in [0.15, 0.2) is 27.3 Å². The molecule has 0 bridgehead atoms. The Morgan fingerprint density at radius 1 is 1.33 bits per heavy atom. The van der Waals surface area contributed by atoms with E-state index in [0.717, 1.165) is 36.5 Å². The Kier molecular flexibility index (Phi) is 5.33. The van der Waals surface area contributed by atoms with Crippen molar-refractivity contribution in [2.24, 2.45) is 5.92 Å². The van der Waals surface area contributed by atoms with Gasteiger partial charge >= 0.3 is 0 Å². The van der Waals surface area contributed by atoms with Gasteiger partial charge in [-0.15, -0.1) is 32.9 Å². The number of rotatable bonds is 5. The summed E-state index contributed by atoms with van der Waals surface area (Å²) in [6.45, 7) is 5.65. The van der Waals surface area contributed by atoms with Crippen LogP contribution < -0.4 is 5.32 Å². The van der Waals surface area contributed by atoms with Gasteiger partial charge in [0.15, 0.2) is 5.13 Å². The van der Waals surface area contributed by atoms with Crippen molar-refractivity contribution in [2.75, 3.05) is 18.4 Å². The number of aryl methyl sites for hydroxylation is 1. The van der Waals surface area contributed by atoms with Crippen molar-refractivity contribution in [3.05, 3.63) is 34.5 Å². The second kappa shape index (κ2) is 7.87. The highest BCUT2D eigenvalue weighted by Gasteiger charge is 2.30. The molecule has 4 heterocycles. The number of likely N-dealkylation sites (tertiary alicyclic amines) is 1. The van der Waals surface area contributed by atoms with Crippen molar-refractivity contribution in [1.29, 1.82) is 0 Å². The molecule has 1 unspecified atom stereocenters. The third-order valence-electron chi connectivity index (χ3n) is 4.83. The van der Waals surface area contributed by atoms with Gasteiger partial charge in [-0.1, -0.05) is 6.07 Å². The number of aromatic nitrogens is 3. The second-order valence-corrected chi connectivity index (χ2v) is 8.50. The maximum atomic E-state index is 12.5. The first-order valence-electron chi connectivity index (χ1n) is 8.94. The molecule has 1 N–H and O–H groups in total. The lowest BCUT2D eigenvalue weighted by molar-refractivity contribution is -0.121. The number of hydrogen-bond donors (Lipinski definition) is 1. The van der Waals surface area contributed by atoms with Crippen molar-refractivity contribution in [3.8, 4) is 10.8 Å². The number of carbonyl (C=O) groups excluding carboxylic acids is 1. The lowest BCUT2D eigenvalue weighted by Gasteiger charge is -2.33. The van der Waals surface area contributed by atoms with Crippen LogP contribution in [0.4, 0.5) is 5.13 Å². The first-order valence-corrected chi connectivity index (χ1v) is 10.7. The van der Waals surface area contributed by atoms with E-state index in [1.165, 1.54) is 11.3 Å². The molecule has 1 aliphatic heterocycles. The van der Waals surface area contributed by atoms with Gasteiger partial charge in [-0.3, -0.25) is 9.69 Å². The third kappa shape index (κ3) is 4.10. The fourth-order valence-corrected chi connectivity index (χ4v) is 4.56. The van der Waals surface area contributed by atoms with Gasteiger partial charge in [-0.05, 0) is 51.2 Å². The Hall–Kier alpha value is -2.10. The van der Waals surface area contributed by atoms with Gasteiger partial charge in [-0.25, -0.2) is 4.98 Å². The lowest BCUT2D eigenvalue weighted by Crippen LogP contribution is -2.39. The summed E-state index contributed by atoms with van der Waals surface area (Å²) in [7, 11) is 0. The molecule has 1 fully saturated rings. The molecule has 1 aliphatic rings. The molecule has 27 heavy (non-hydrogen) atoms. The summed E-state index contributed by atoms with van der Waals surface area (Å²) in [5.41, 5.74) is 0.931. The average Bonchev–Trinajstić information content (AvgIpc) is 3.43. The summed E-state index contributed by atoms with van der Waals surface area (Å²) < 4.78 is 5.86. The number of anilines is 1. The Morgan fingerprint density at radius 2 is 2.15 bits per heavy atom. The monoisotopic (exact) mass is 403 g/mol. The molecule has 0 spiro atoms. The molecule has 0 aliphatic carbocycles.